The van der Waals surface area contributed by atoms with E-state index in [0.717, 1.165) is 12.8 Å². The first-order valence-corrected chi connectivity index (χ1v) is 5.99. The molecule has 0 fully saturated rings. The van der Waals surface area contributed by atoms with E-state index >= 15 is 0 Å². The van der Waals surface area contributed by atoms with Gasteiger partial charge in [0.25, 0.3) is 0 Å². The summed E-state index contributed by atoms with van der Waals surface area (Å²) < 4.78 is 0. The molecule has 0 saturated heterocycles. The maximum Gasteiger partial charge on any atom is 0.320 e. The normalized spacial score (nSPS) is 14.1. The highest BCUT2D eigenvalue weighted by atomic mass is 16.4. The van der Waals surface area contributed by atoms with Crippen molar-refractivity contribution in [3.05, 3.63) is 0 Å². The van der Waals surface area contributed by atoms with Gasteiger partial charge in [-0.05, 0) is 18.8 Å². The average Bonchev–Trinajstić information content (AvgIpc) is 2.24. The van der Waals surface area contributed by atoms with Gasteiger partial charge in [-0.1, -0.05) is 27.7 Å². The minimum atomic E-state index is -0.825. The van der Waals surface area contributed by atoms with Crippen molar-refractivity contribution < 1.29 is 15.0 Å². The van der Waals surface area contributed by atoms with Crippen molar-refractivity contribution in [3.8, 4) is 0 Å². The predicted molar refractivity (Wildman–Crippen MR) is 64.4 cm³/mol. The second kappa shape index (κ2) is 6.86. The van der Waals surface area contributed by atoms with Crippen LogP contribution in [0.2, 0.25) is 0 Å². The summed E-state index contributed by atoms with van der Waals surface area (Å²) in [5, 5.41) is 21.5. The molecule has 0 aliphatic heterocycles. The Kier molecular flexibility index (Phi) is 6.60. The minimum Gasteiger partial charge on any atom is -0.480 e. The summed E-state index contributed by atoms with van der Waals surface area (Å²) in [6.45, 7) is 8.44. The van der Waals surface area contributed by atoms with Gasteiger partial charge in [-0.2, -0.15) is 0 Å². The molecule has 4 nitrogen and oxygen atoms in total. The number of aliphatic hydroxyl groups is 1. The van der Waals surface area contributed by atoms with Gasteiger partial charge < -0.3 is 15.5 Å². The molecule has 16 heavy (non-hydrogen) atoms. The molecule has 0 rings (SSSR count). The molecule has 3 N–H and O–H groups in total. The van der Waals surface area contributed by atoms with Crippen LogP contribution in [0.1, 0.15) is 40.5 Å². The zero-order chi connectivity index (χ0) is 12.8. The van der Waals surface area contributed by atoms with Crippen LogP contribution < -0.4 is 5.32 Å². The van der Waals surface area contributed by atoms with Gasteiger partial charge in [0, 0.05) is 18.6 Å². The lowest BCUT2D eigenvalue weighted by molar-refractivity contribution is -0.140. The molecule has 0 radical (unpaired) electrons. The Bertz CT molecular complexity index is 204. The maximum absolute atomic E-state index is 11.0. The van der Waals surface area contributed by atoms with Crippen LogP contribution in [-0.4, -0.2) is 35.4 Å². The van der Waals surface area contributed by atoms with Crippen LogP contribution in [0.5, 0.6) is 0 Å². The zero-order valence-electron chi connectivity index (χ0n) is 10.8. The van der Waals surface area contributed by atoms with Gasteiger partial charge in [0.05, 0.1) is 0 Å². The van der Waals surface area contributed by atoms with E-state index in [2.05, 4.69) is 5.32 Å². The van der Waals surface area contributed by atoms with Crippen LogP contribution in [-0.2, 0) is 4.79 Å². The zero-order valence-corrected chi connectivity index (χ0v) is 10.8. The molecule has 1 unspecified atom stereocenters. The Morgan fingerprint density at radius 1 is 1.31 bits per heavy atom. The number of aliphatic carboxylic acids is 1. The second-order valence-electron chi connectivity index (χ2n) is 4.81. The molecule has 0 saturated carbocycles. The highest BCUT2D eigenvalue weighted by Crippen LogP contribution is 2.24. The standard InChI is InChI=1S/C12H25NO3/c1-5-12(6-2,8-14)7-13-10(9(3)4)11(15)16/h9-10,13-14H,5-8H2,1-4H3,(H,15,16). The number of rotatable bonds is 8. The van der Waals surface area contributed by atoms with Gasteiger partial charge in [0.2, 0.25) is 0 Å². The van der Waals surface area contributed by atoms with Crippen molar-refractivity contribution in [2.75, 3.05) is 13.2 Å². The smallest absolute Gasteiger partial charge is 0.320 e. The topological polar surface area (TPSA) is 69.6 Å². The van der Waals surface area contributed by atoms with Crippen LogP contribution in [0.25, 0.3) is 0 Å². The lowest BCUT2D eigenvalue weighted by Crippen LogP contribution is -2.47. The molecule has 0 heterocycles. The third-order valence-corrected chi connectivity index (χ3v) is 3.47. The van der Waals surface area contributed by atoms with Crippen LogP contribution in [0.4, 0.5) is 0 Å². The molecular formula is C12H25NO3. The number of aliphatic hydroxyl groups excluding tert-OH is 1. The number of carbonyl (C=O) groups is 1. The van der Waals surface area contributed by atoms with Crippen molar-refractivity contribution in [2.45, 2.75) is 46.6 Å². The molecule has 0 aliphatic rings. The van der Waals surface area contributed by atoms with Crippen LogP contribution in [0.15, 0.2) is 0 Å². The molecular weight excluding hydrogens is 206 g/mol. The molecule has 0 bridgehead atoms. The summed E-state index contributed by atoms with van der Waals surface area (Å²) in [7, 11) is 0. The summed E-state index contributed by atoms with van der Waals surface area (Å²) in [4.78, 5) is 11.0. The molecule has 0 aromatic carbocycles. The SMILES string of the molecule is CCC(CC)(CO)CNC(C(=O)O)C(C)C. The molecule has 1 atom stereocenters. The Morgan fingerprint density at radius 3 is 2.06 bits per heavy atom. The van der Waals surface area contributed by atoms with Crippen molar-refractivity contribution in [1.82, 2.24) is 5.32 Å². The third kappa shape index (κ3) is 4.10. The fraction of sp³-hybridized carbons (Fsp3) is 0.917. The van der Waals surface area contributed by atoms with Gasteiger partial charge >= 0.3 is 5.97 Å². The Labute approximate surface area is 98.1 Å². The third-order valence-electron chi connectivity index (χ3n) is 3.47. The van der Waals surface area contributed by atoms with E-state index in [0.29, 0.717) is 6.54 Å². The number of hydrogen-bond donors (Lipinski definition) is 3. The van der Waals surface area contributed by atoms with Gasteiger partial charge in [-0.3, -0.25) is 4.79 Å². The van der Waals surface area contributed by atoms with E-state index in [1.807, 2.05) is 27.7 Å². The largest absolute Gasteiger partial charge is 0.480 e. The highest BCUT2D eigenvalue weighted by Gasteiger charge is 2.29. The Morgan fingerprint density at radius 2 is 1.81 bits per heavy atom. The fourth-order valence-corrected chi connectivity index (χ4v) is 1.71. The van der Waals surface area contributed by atoms with Crippen molar-refractivity contribution in [3.63, 3.8) is 0 Å². The minimum absolute atomic E-state index is 0.0441. The van der Waals surface area contributed by atoms with Crippen LogP contribution in [0.3, 0.4) is 0 Å². The van der Waals surface area contributed by atoms with Crippen LogP contribution in [0, 0.1) is 11.3 Å². The molecule has 0 aliphatic carbocycles. The molecule has 0 aromatic rings. The van der Waals surface area contributed by atoms with Crippen molar-refractivity contribution in [2.24, 2.45) is 11.3 Å². The summed E-state index contributed by atoms with van der Waals surface area (Å²) in [6.07, 6.45) is 1.69. The number of carboxylic acids is 1. The first-order chi connectivity index (χ1) is 7.42. The molecule has 0 amide bonds. The molecule has 96 valence electrons. The van der Waals surface area contributed by atoms with Crippen molar-refractivity contribution in [1.29, 1.82) is 0 Å². The molecule has 0 spiro atoms. The van der Waals surface area contributed by atoms with Gasteiger partial charge in [-0.15, -0.1) is 0 Å². The first-order valence-electron chi connectivity index (χ1n) is 5.99. The van der Waals surface area contributed by atoms with Gasteiger partial charge in [-0.25, -0.2) is 0 Å². The van der Waals surface area contributed by atoms with Crippen molar-refractivity contribution >= 4 is 5.97 Å². The Balaban J connectivity index is 4.43. The molecule has 0 aromatic heterocycles. The monoisotopic (exact) mass is 231 g/mol. The summed E-state index contributed by atoms with van der Waals surface area (Å²) >= 11 is 0. The van der Waals surface area contributed by atoms with E-state index in [9.17, 15) is 9.90 Å². The number of hydrogen-bond acceptors (Lipinski definition) is 3. The van der Waals surface area contributed by atoms with E-state index in [-0.39, 0.29) is 17.9 Å². The van der Waals surface area contributed by atoms with E-state index in [1.54, 1.807) is 0 Å². The number of nitrogens with one attached hydrogen (secondary N) is 1. The quantitative estimate of drug-likeness (QED) is 0.592. The average molecular weight is 231 g/mol. The number of carboxylic acid groups (broad SMARTS) is 1. The highest BCUT2D eigenvalue weighted by molar-refractivity contribution is 5.73. The molecule has 4 heteroatoms. The maximum atomic E-state index is 11.0. The predicted octanol–water partition coefficient (Wildman–Crippen LogP) is 1.48. The van der Waals surface area contributed by atoms with Gasteiger partial charge in [0.1, 0.15) is 6.04 Å². The summed E-state index contributed by atoms with van der Waals surface area (Å²) in [5.41, 5.74) is -0.192. The van der Waals surface area contributed by atoms with Gasteiger partial charge in [0.15, 0.2) is 0 Å². The summed E-state index contributed by atoms with van der Waals surface area (Å²) in [5.74, 6) is -0.781. The summed E-state index contributed by atoms with van der Waals surface area (Å²) in [6, 6.07) is -0.538. The van der Waals surface area contributed by atoms with E-state index < -0.39 is 12.0 Å². The van der Waals surface area contributed by atoms with Crippen LogP contribution >= 0.6 is 0 Å². The Hall–Kier alpha value is -0.610. The lowest BCUT2D eigenvalue weighted by atomic mass is 9.83. The van der Waals surface area contributed by atoms with E-state index in [4.69, 9.17) is 5.11 Å². The second-order valence-corrected chi connectivity index (χ2v) is 4.81. The first kappa shape index (κ1) is 15.4. The fourth-order valence-electron chi connectivity index (χ4n) is 1.71. The van der Waals surface area contributed by atoms with E-state index in [1.165, 1.54) is 0 Å². The lowest BCUT2D eigenvalue weighted by Gasteiger charge is -2.32.